The number of nitrogens with two attached hydrogens (primary N) is 1. The number of halogens is 5. The lowest BCUT2D eigenvalue weighted by Gasteiger charge is -2.11. The van der Waals surface area contributed by atoms with E-state index in [0.29, 0.717) is 16.9 Å². The normalized spacial score (nSPS) is 11.5. The van der Waals surface area contributed by atoms with Gasteiger partial charge < -0.3 is 11.1 Å². The van der Waals surface area contributed by atoms with Crippen LogP contribution in [0.4, 0.5) is 28.9 Å². The monoisotopic (exact) mass is 362 g/mol. The molecule has 0 bridgehead atoms. The first-order valence-electron chi connectivity index (χ1n) is 5.92. The predicted octanol–water partition coefficient (Wildman–Crippen LogP) is 4.80. The molecule has 0 spiro atoms. The van der Waals surface area contributed by atoms with Gasteiger partial charge in [0.05, 0.1) is 21.4 Å². The van der Waals surface area contributed by atoms with Gasteiger partial charge in [-0.3, -0.25) is 0 Å². The Hall–Kier alpha value is -1.76. The topological polar surface area (TPSA) is 38.0 Å². The summed E-state index contributed by atoms with van der Waals surface area (Å²) >= 11 is 3.01. The van der Waals surface area contributed by atoms with E-state index in [0.717, 1.165) is 12.1 Å². The predicted molar refractivity (Wildman–Crippen MR) is 77.3 cm³/mol. The highest BCUT2D eigenvalue weighted by Crippen LogP contribution is 2.30. The Kier molecular flexibility index (Phi) is 4.41. The van der Waals surface area contributed by atoms with E-state index in [2.05, 4.69) is 21.2 Å². The van der Waals surface area contributed by atoms with Gasteiger partial charge in [-0.1, -0.05) is 12.1 Å². The Morgan fingerprint density at radius 2 is 1.71 bits per heavy atom. The molecule has 0 fully saturated rings. The number of hydrogen-bond acceptors (Lipinski definition) is 2. The smallest absolute Gasteiger partial charge is 0.397 e. The van der Waals surface area contributed by atoms with Gasteiger partial charge in [-0.15, -0.1) is 0 Å². The van der Waals surface area contributed by atoms with Gasteiger partial charge in [0.2, 0.25) is 0 Å². The largest absolute Gasteiger partial charge is 0.416 e. The third-order valence-corrected chi connectivity index (χ3v) is 3.46. The van der Waals surface area contributed by atoms with Crippen molar-refractivity contribution in [1.29, 1.82) is 0 Å². The summed E-state index contributed by atoms with van der Waals surface area (Å²) in [4.78, 5) is 0. The van der Waals surface area contributed by atoms with Crippen LogP contribution in [0.3, 0.4) is 0 Å². The highest BCUT2D eigenvalue weighted by atomic mass is 79.9. The van der Waals surface area contributed by atoms with E-state index in [-0.39, 0.29) is 11.0 Å². The second kappa shape index (κ2) is 5.93. The zero-order valence-corrected chi connectivity index (χ0v) is 12.2. The molecule has 112 valence electrons. The summed E-state index contributed by atoms with van der Waals surface area (Å²) in [6.45, 7) is 0.239. The Labute approximate surface area is 127 Å². The zero-order chi connectivity index (χ0) is 15.6. The summed E-state index contributed by atoms with van der Waals surface area (Å²) in [7, 11) is 0. The summed E-state index contributed by atoms with van der Waals surface area (Å²) in [6, 6.07) is 7.38. The molecule has 0 saturated heterocycles. The summed E-state index contributed by atoms with van der Waals surface area (Å²) in [5, 5.41) is 2.89. The number of alkyl halides is 3. The van der Waals surface area contributed by atoms with Gasteiger partial charge >= 0.3 is 6.18 Å². The van der Waals surface area contributed by atoms with Crippen LogP contribution < -0.4 is 11.1 Å². The number of hydrogen-bond donors (Lipinski definition) is 2. The van der Waals surface area contributed by atoms with Gasteiger partial charge in [0.15, 0.2) is 0 Å². The second-order valence-electron chi connectivity index (χ2n) is 4.40. The van der Waals surface area contributed by atoms with E-state index >= 15 is 0 Å². The molecule has 0 aliphatic carbocycles. The van der Waals surface area contributed by atoms with E-state index < -0.39 is 17.6 Å². The van der Waals surface area contributed by atoms with Crippen molar-refractivity contribution in [2.45, 2.75) is 12.7 Å². The summed E-state index contributed by atoms with van der Waals surface area (Å²) < 4.78 is 50.9. The average molecular weight is 363 g/mol. The first-order valence-corrected chi connectivity index (χ1v) is 6.71. The SMILES string of the molecule is Nc1cc(Br)c(F)cc1NCc1ccc(C(F)(F)F)cc1. The molecule has 0 unspecified atom stereocenters. The van der Waals surface area contributed by atoms with Crippen molar-refractivity contribution in [1.82, 2.24) is 0 Å². The zero-order valence-electron chi connectivity index (χ0n) is 10.6. The molecule has 0 radical (unpaired) electrons. The molecule has 0 saturated carbocycles. The molecule has 2 aromatic carbocycles. The molecule has 0 aliphatic rings. The van der Waals surface area contributed by atoms with Crippen LogP contribution in [-0.4, -0.2) is 0 Å². The van der Waals surface area contributed by atoms with Crippen LogP contribution >= 0.6 is 15.9 Å². The Morgan fingerprint density at radius 3 is 2.29 bits per heavy atom. The Morgan fingerprint density at radius 1 is 1.10 bits per heavy atom. The van der Waals surface area contributed by atoms with Crippen molar-refractivity contribution in [3.05, 3.63) is 57.8 Å². The van der Waals surface area contributed by atoms with E-state index in [1.165, 1.54) is 24.3 Å². The van der Waals surface area contributed by atoms with Crippen molar-refractivity contribution in [3.63, 3.8) is 0 Å². The third-order valence-electron chi connectivity index (χ3n) is 2.86. The van der Waals surface area contributed by atoms with E-state index in [4.69, 9.17) is 5.73 Å². The summed E-state index contributed by atoms with van der Waals surface area (Å²) in [6.07, 6.45) is -4.36. The lowest BCUT2D eigenvalue weighted by atomic mass is 10.1. The molecule has 0 heterocycles. The van der Waals surface area contributed by atoms with Crippen molar-refractivity contribution < 1.29 is 17.6 Å². The fraction of sp³-hybridized carbons (Fsp3) is 0.143. The van der Waals surface area contributed by atoms with Gasteiger partial charge in [0, 0.05) is 12.6 Å². The molecule has 0 aromatic heterocycles. The number of nitrogen functional groups attached to an aromatic ring is 1. The van der Waals surface area contributed by atoms with Gasteiger partial charge in [-0.05, 0) is 39.7 Å². The lowest BCUT2D eigenvalue weighted by molar-refractivity contribution is -0.137. The van der Waals surface area contributed by atoms with Crippen molar-refractivity contribution in [3.8, 4) is 0 Å². The van der Waals surface area contributed by atoms with Gasteiger partial charge in [-0.2, -0.15) is 13.2 Å². The Bertz CT molecular complexity index is 639. The van der Waals surface area contributed by atoms with Gasteiger partial charge in [0.1, 0.15) is 5.82 Å². The molecule has 21 heavy (non-hydrogen) atoms. The fourth-order valence-electron chi connectivity index (χ4n) is 1.72. The highest BCUT2D eigenvalue weighted by Gasteiger charge is 2.29. The molecule has 2 rings (SSSR count). The van der Waals surface area contributed by atoms with Crippen LogP contribution in [0.25, 0.3) is 0 Å². The summed E-state index contributed by atoms with van der Waals surface area (Å²) in [5.41, 5.74) is 6.38. The first-order chi connectivity index (χ1) is 9.77. The third kappa shape index (κ3) is 3.87. The fourth-order valence-corrected chi connectivity index (χ4v) is 2.09. The van der Waals surface area contributed by atoms with Gasteiger partial charge in [-0.25, -0.2) is 4.39 Å². The molecular weight excluding hydrogens is 352 g/mol. The number of rotatable bonds is 3. The highest BCUT2D eigenvalue weighted by molar-refractivity contribution is 9.10. The molecule has 0 aliphatic heterocycles. The number of nitrogens with one attached hydrogen (secondary N) is 1. The van der Waals surface area contributed by atoms with Crippen molar-refractivity contribution in [2.75, 3.05) is 11.1 Å². The molecular formula is C14H11BrF4N2. The van der Waals surface area contributed by atoms with E-state index in [1.54, 1.807) is 0 Å². The number of benzene rings is 2. The molecule has 2 nitrogen and oxygen atoms in total. The standard InChI is InChI=1S/C14H11BrF4N2/c15-10-5-12(20)13(6-11(10)16)21-7-8-1-3-9(4-2-8)14(17,18)19/h1-6,21H,7,20H2. The maximum Gasteiger partial charge on any atom is 0.416 e. The average Bonchev–Trinajstić information content (AvgIpc) is 2.41. The Balaban J connectivity index is 2.08. The molecule has 0 atom stereocenters. The number of anilines is 2. The van der Waals surface area contributed by atoms with Gasteiger partial charge in [0.25, 0.3) is 0 Å². The molecule has 7 heteroatoms. The minimum atomic E-state index is -4.36. The maximum absolute atomic E-state index is 13.4. The van der Waals surface area contributed by atoms with E-state index in [1.807, 2.05) is 0 Å². The van der Waals surface area contributed by atoms with Crippen LogP contribution in [0.2, 0.25) is 0 Å². The first kappa shape index (κ1) is 15.6. The lowest BCUT2D eigenvalue weighted by Crippen LogP contribution is -2.06. The molecule has 0 amide bonds. The van der Waals surface area contributed by atoms with Crippen LogP contribution in [0, 0.1) is 5.82 Å². The quantitative estimate of drug-likeness (QED) is 0.607. The minimum Gasteiger partial charge on any atom is -0.397 e. The van der Waals surface area contributed by atoms with Crippen LogP contribution in [0.15, 0.2) is 40.9 Å². The van der Waals surface area contributed by atoms with Crippen molar-refractivity contribution >= 4 is 27.3 Å². The maximum atomic E-state index is 13.4. The minimum absolute atomic E-state index is 0.239. The molecule has 2 aromatic rings. The van der Waals surface area contributed by atoms with Crippen LogP contribution in [0.5, 0.6) is 0 Å². The second-order valence-corrected chi connectivity index (χ2v) is 5.26. The van der Waals surface area contributed by atoms with Crippen LogP contribution in [0.1, 0.15) is 11.1 Å². The summed E-state index contributed by atoms with van der Waals surface area (Å²) in [5.74, 6) is -0.473. The molecule has 3 N–H and O–H groups in total. The van der Waals surface area contributed by atoms with E-state index in [9.17, 15) is 17.6 Å². The van der Waals surface area contributed by atoms with Crippen LogP contribution in [-0.2, 0) is 12.7 Å². The van der Waals surface area contributed by atoms with Crippen molar-refractivity contribution in [2.24, 2.45) is 0 Å².